The van der Waals surface area contributed by atoms with Crippen molar-refractivity contribution < 1.29 is 39.8 Å². The lowest BCUT2D eigenvalue weighted by atomic mass is 9.99. The zero-order valence-electron chi connectivity index (χ0n) is 47.2. The first-order valence-electron chi connectivity index (χ1n) is 29.9. The van der Waals surface area contributed by atoms with E-state index in [1.165, 1.54) is 96.3 Å². The topological polar surface area (TPSA) is 149 Å². The predicted molar refractivity (Wildman–Crippen MR) is 317 cm³/mol. The fraction of sp³-hybridized carbons (Fsp3) is 0.652. The molecule has 0 aromatic carbocycles. The summed E-state index contributed by atoms with van der Waals surface area (Å²) < 4.78 is 11.2. The van der Waals surface area contributed by atoms with E-state index in [1.807, 2.05) is 6.08 Å². The fourth-order valence-electron chi connectivity index (χ4n) is 8.50. The molecule has 0 aromatic rings. The van der Waals surface area contributed by atoms with Crippen LogP contribution >= 0.6 is 0 Å². The third-order valence-electron chi connectivity index (χ3n) is 13.2. The highest BCUT2D eigenvalue weighted by molar-refractivity contribution is 5.76. The largest absolute Gasteiger partial charge is 0.394 e. The van der Waals surface area contributed by atoms with Crippen LogP contribution in [0.2, 0.25) is 0 Å². The molecule has 7 atom stereocenters. The van der Waals surface area contributed by atoms with Gasteiger partial charge in [0.25, 0.3) is 0 Å². The Hall–Kier alpha value is -3.67. The van der Waals surface area contributed by atoms with Crippen molar-refractivity contribution in [1.29, 1.82) is 0 Å². The fourth-order valence-corrected chi connectivity index (χ4v) is 8.50. The van der Waals surface area contributed by atoms with Crippen molar-refractivity contribution in [2.45, 2.75) is 262 Å². The lowest BCUT2D eigenvalue weighted by Gasteiger charge is -2.40. The Morgan fingerprint density at radius 2 is 0.840 bits per heavy atom. The zero-order valence-corrected chi connectivity index (χ0v) is 47.2. The molecule has 1 fully saturated rings. The molecule has 9 nitrogen and oxygen atoms in total. The molecule has 6 N–H and O–H groups in total. The van der Waals surface area contributed by atoms with Gasteiger partial charge in [0.05, 0.1) is 25.4 Å². The van der Waals surface area contributed by atoms with E-state index in [1.54, 1.807) is 6.08 Å². The number of amides is 1. The summed E-state index contributed by atoms with van der Waals surface area (Å²) in [7, 11) is 0. The van der Waals surface area contributed by atoms with E-state index in [9.17, 15) is 30.3 Å². The number of ether oxygens (including phenoxy) is 2. The van der Waals surface area contributed by atoms with Crippen molar-refractivity contribution in [2.24, 2.45) is 0 Å². The van der Waals surface area contributed by atoms with Gasteiger partial charge < -0.3 is 40.3 Å². The predicted octanol–water partition coefficient (Wildman–Crippen LogP) is 15.3. The summed E-state index contributed by atoms with van der Waals surface area (Å²) in [4.78, 5) is 13.0. The molecule has 426 valence electrons. The van der Waals surface area contributed by atoms with Crippen molar-refractivity contribution in [2.75, 3.05) is 13.2 Å². The number of aliphatic hydroxyl groups excluding tert-OH is 5. The molecule has 0 spiro atoms. The van der Waals surface area contributed by atoms with E-state index < -0.39 is 49.5 Å². The highest BCUT2D eigenvalue weighted by Crippen LogP contribution is 2.23. The average molecular weight is 1040 g/mol. The second-order valence-corrected chi connectivity index (χ2v) is 20.0. The molecule has 0 aromatic heterocycles. The molecule has 9 heteroatoms. The normalized spacial score (nSPS) is 19.9. The van der Waals surface area contributed by atoms with Crippen LogP contribution < -0.4 is 5.32 Å². The van der Waals surface area contributed by atoms with Crippen LogP contribution in [0, 0.1) is 0 Å². The number of nitrogens with one attached hydrogen (secondary N) is 1. The van der Waals surface area contributed by atoms with E-state index >= 15 is 0 Å². The molecule has 1 aliphatic rings. The maximum Gasteiger partial charge on any atom is 0.220 e. The first-order valence-corrected chi connectivity index (χ1v) is 29.9. The molecule has 1 rings (SSSR count). The molecular weight excluding hydrogens is 935 g/mol. The molecule has 75 heavy (non-hydrogen) atoms. The van der Waals surface area contributed by atoms with E-state index in [0.717, 1.165) is 103 Å². The number of hydrogen-bond donors (Lipinski definition) is 6. The molecule has 0 aliphatic carbocycles. The van der Waals surface area contributed by atoms with E-state index in [4.69, 9.17) is 9.47 Å². The minimum Gasteiger partial charge on any atom is -0.394 e. The standard InChI is InChI=1S/C66H109NO8/c1-3-5-7-9-11-13-15-17-18-19-20-21-22-23-24-25-26-27-28-29-30-31-32-33-34-35-36-37-38-39-40-41-42-44-46-48-50-52-54-56-62(70)67-59(58-74-66-65(73)64(72)63(71)61(57-68)75-66)60(69)55-53-51-49-47-45-43-16-14-12-10-8-6-4-2/h5,7,11-14,17-18,20-21,23-24,26-27,29-30,32-33,45,47,53,55,59-61,63-66,68-69,71-73H,3-4,6,8-10,15-16,19,22,25,28,31,34-44,46,48-52,54,56-58H2,1-2H3,(H,67,70)/b7-5-,13-11-,14-12+,18-17-,21-20-,24-23-,27-26-,30-29-,33-32-,47-45+,55-53+. The van der Waals surface area contributed by atoms with Crippen LogP contribution in [0.3, 0.4) is 0 Å². The third-order valence-corrected chi connectivity index (χ3v) is 13.2. The average Bonchev–Trinajstić information content (AvgIpc) is 3.41. The molecular formula is C66H109NO8. The molecule has 1 amide bonds. The number of rotatable bonds is 49. The highest BCUT2D eigenvalue weighted by atomic mass is 16.7. The lowest BCUT2D eigenvalue weighted by molar-refractivity contribution is -0.302. The lowest BCUT2D eigenvalue weighted by Crippen LogP contribution is -2.60. The third kappa shape index (κ3) is 43.1. The number of hydrogen-bond acceptors (Lipinski definition) is 8. The second-order valence-electron chi connectivity index (χ2n) is 20.0. The smallest absolute Gasteiger partial charge is 0.220 e. The van der Waals surface area contributed by atoms with Crippen LogP contribution in [0.15, 0.2) is 134 Å². The Morgan fingerprint density at radius 1 is 0.467 bits per heavy atom. The van der Waals surface area contributed by atoms with Gasteiger partial charge >= 0.3 is 0 Å². The maximum absolute atomic E-state index is 13.0. The van der Waals surface area contributed by atoms with Crippen LogP contribution in [0.25, 0.3) is 0 Å². The molecule has 1 saturated heterocycles. The minimum absolute atomic E-state index is 0.198. The van der Waals surface area contributed by atoms with Gasteiger partial charge in [0, 0.05) is 6.42 Å². The Kier molecular flexibility index (Phi) is 49.7. The second kappa shape index (κ2) is 53.7. The summed E-state index contributed by atoms with van der Waals surface area (Å²) in [5.74, 6) is -0.198. The summed E-state index contributed by atoms with van der Waals surface area (Å²) in [6.45, 7) is 3.59. The van der Waals surface area contributed by atoms with Gasteiger partial charge in [-0.2, -0.15) is 0 Å². The van der Waals surface area contributed by atoms with Crippen LogP contribution in [0.5, 0.6) is 0 Å². The summed E-state index contributed by atoms with van der Waals surface area (Å²) in [5, 5.41) is 54.4. The van der Waals surface area contributed by atoms with E-state index in [-0.39, 0.29) is 12.5 Å². The Labute approximate surface area is 458 Å². The summed E-state index contributed by atoms with van der Waals surface area (Å²) in [6, 6.07) is -0.835. The van der Waals surface area contributed by atoms with Crippen LogP contribution in [-0.4, -0.2) is 87.5 Å². The van der Waals surface area contributed by atoms with E-state index in [2.05, 4.69) is 141 Å². The molecule has 0 bridgehead atoms. The van der Waals surface area contributed by atoms with Crippen molar-refractivity contribution in [1.82, 2.24) is 5.32 Å². The summed E-state index contributed by atoms with van der Waals surface area (Å²) in [6.07, 6.45) is 75.3. The summed E-state index contributed by atoms with van der Waals surface area (Å²) >= 11 is 0. The Bertz CT molecular complexity index is 1640. The zero-order chi connectivity index (χ0) is 54.3. The SMILES string of the molecule is CC/C=C\C/C=C\C/C=C\C/C=C\C/C=C\C/C=C\C/C=C\C/C=C\CCCCCCCCCCCCCCCCC(=O)NC(COC1OC(CO)C(O)C(O)C1O)C(O)/C=C/CC/C=C/CC/C=C/CCCCC. The highest BCUT2D eigenvalue weighted by Gasteiger charge is 2.44. The van der Waals surface area contributed by atoms with Gasteiger partial charge in [0.1, 0.15) is 24.4 Å². The molecule has 7 unspecified atom stereocenters. The van der Waals surface area contributed by atoms with Gasteiger partial charge in [-0.05, 0) is 109 Å². The van der Waals surface area contributed by atoms with Gasteiger partial charge in [0.2, 0.25) is 5.91 Å². The maximum atomic E-state index is 13.0. The van der Waals surface area contributed by atoms with Crippen LogP contribution in [0.4, 0.5) is 0 Å². The quantitative estimate of drug-likeness (QED) is 0.0261. The first-order chi connectivity index (χ1) is 36.8. The number of unbranched alkanes of at least 4 members (excludes halogenated alkanes) is 19. The van der Waals surface area contributed by atoms with Crippen molar-refractivity contribution in [3.63, 3.8) is 0 Å². The number of carbonyl (C=O) groups is 1. The Balaban J connectivity index is 2.13. The van der Waals surface area contributed by atoms with Crippen LogP contribution in [-0.2, 0) is 14.3 Å². The minimum atomic E-state index is -1.58. The van der Waals surface area contributed by atoms with Crippen molar-refractivity contribution >= 4 is 5.91 Å². The van der Waals surface area contributed by atoms with Gasteiger partial charge in [-0.1, -0.05) is 237 Å². The van der Waals surface area contributed by atoms with Gasteiger partial charge in [-0.3, -0.25) is 4.79 Å². The van der Waals surface area contributed by atoms with Gasteiger partial charge in [-0.15, -0.1) is 0 Å². The molecule has 0 saturated carbocycles. The van der Waals surface area contributed by atoms with Gasteiger partial charge in [-0.25, -0.2) is 0 Å². The summed E-state index contributed by atoms with van der Waals surface area (Å²) in [5.41, 5.74) is 0. The van der Waals surface area contributed by atoms with Gasteiger partial charge in [0.15, 0.2) is 6.29 Å². The number of carbonyl (C=O) groups excluding carboxylic acids is 1. The number of allylic oxidation sites excluding steroid dienone is 21. The molecule has 1 aliphatic heterocycles. The Morgan fingerprint density at radius 3 is 1.28 bits per heavy atom. The van der Waals surface area contributed by atoms with E-state index in [0.29, 0.717) is 6.42 Å². The van der Waals surface area contributed by atoms with Crippen molar-refractivity contribution in [3.05, 3.63) is 134 Å². The van der Waals surface area contributed by atoms with Crippen molar-refractivity contribution in [3.8, 4) is 0 Å². The molecule has 0 radical (unpaired) electrons. The number of aliphatic hydroxyl groups is 5. The molecule has 1 heterocycles. The first kappa shape index (κ1) is 69.3. The van der Waals surface area contributed by atoms with Crippen LogP contribution in [0.1, 0.15) is 219 Å². The monoisotopic (exact) mass is 1040 g/mol.